The molecule has 4 heterocycles. The summed E-state index contributed by atoms with van der Waals surface area (Å²) in [6, 6.07) is 25.0. The standard InChI is InChI=1S/C55H66N8O6S2/c1-31-22-48(62(29-31)52(64)44(18-20-70-6)60-54(66)68-4)50-56-42-16-14-38(27-46(42)58-50)40-25-34-8-10-35-12-13-36(33(3)24-37(40)11-9-34)26-41(35)39-15-17-43-47(28-39)59-51(57-43)49-23-32(2)30-63(49)53(65)45(19-21-71-7)61-55(67)69-5/h9,11-17,25-28,31-33,44-45,48-49H,8,10,18-24,29-30H2,1-7H3,(H,56,58)(H,57,59)(H,60,66)(H,61,67)/t31-,32-,33-,44+,45+,48+,49+/m1/s1. The van der Waals surface area contributed by atoms with E-state index in [1.165, 1.54) is 47.6 Å². The summed E-state index contributed by atoms with van der Waals surface area (Å²) in [7, 11) is 2.63. The van der Waals surface area contributed by atoms with Gasteiger partial charge < -0.3 is 39.9 Å². The third-order valence-corrected chi connectivity index (χ3v) is 16.0. The number of alkyl carbamates (subject to hydrolysis) is 2. The first kappa shape index (κ1) is 50.0. The van der Waals surface area contributed by atoms with Crippen molar-refractivity contribution >= 4 is 69.6 Å². The minimum atomic E-state index is -0.677. The highest BCUT2D eigenvalue weighted by Crippen LogP contribution is 2.40. The van der Waals surface area contributed by atoms with Crippen LogP contribution in [-0.4, -0.2) is 117 Å². The monoisotopic (exact) mass is 998 g/mol. The van der Waals surface area contributed by atoms with E-state index in [1.54, 1.807) is 23.5 Å². The maximum atomic E-state index is 14.0. The van der Waals surface area contributed by atoms with Crippen molar-refractivity contribution in [3.63, 3.8) is 0 Å². The fourth-order valence-electron chi connectivity index (χ4n) is 10.9. The Morgan fingerprint density at radius 2 is 1.17 bits per heavy atom. The van der Waals surface area contributed by atoms with Gasteiger partial charge in [0.15, 0.2) is 0 Å². The normalized spacial score (nSPS) is 20.7. The van der Waals surface area contributed by atoms with E-state index >= 15 is 0 Å². The number of carbonyl (C=O) groups is 4. The van der Waals surface area contributed by atoms with E-state index in [9.17, 15) is 19.2 Å². The van der Waals surface area contributed by atoms with Crippen LogP contribution >= 0.6 is 23.5 Å². The number of carbonyl (C=O) groups excluding carboxylic acids is 4. The van der Waals surface area contributed by atoms with Crippen molar-refractivity contribution in [3.05, 3.63) is 107 Å². The van der Waals surface area contributed by atoms with Gasteiger partial charge in [-0.25, -0.2) is 19.6 Å². The van der Waals surface area contributed by atoms with Gasteiger partial charge in [0, 0.05) is 13.1 Å². The SMILES string of the molecule is COC(=O)N[C@@H](CCSC)C(=O)N1C[C@H](C)C[C@H]1c1nc2cc(-c3cc4ccc3CCc3ccc(c(-c5ccc6[nH]c([C@@H]7C[C@@H](C)CN7C(=O)[C@H](CCSC)NC(=O)OC)nc6c5)c3)C[C@H]4C)ccc2[nH]1. The summed E-state index contributed by atoms with van der Waals surface area (Å²) >= 11 is 3.28. The van der Waals surface area contributed by atoms with Gasteiger partial charge in [-0.05, 0) is 155 Å². The number of imidazole rings is 2. The van der Waals surface area contributed by atoms with E-state index in [1.807, 2.05) is 22.3 Å². The van der Waals surface area contributed by atoms with Crippen LogP contribution in [0.1, 0.15) is 98.4 Å². The van der Waals surface area contributed by atoms with Crippen molar-refractivity contribution in [2.24, 2.45) is 11.8 Å². The van der Waals surface area contributed by atoms with E-state index in [2.05, 4.69) is 114 Å². The molecule has 0 radical (unpaired) electrons. The summed E-state index contributed by atoms with van der Waals surface area (Å²) < 4.78 is 9.74. The molecule has 14 nitrogen and oxygen atoms in total. The number of hydrogen-bond donors (Lipinski definition) is 4. The summed E-state index contributed by atoms with van der Waals surface area (Å²) in [6.07, 6.45) is 7.90. The molecule has 7 atom stereocenters. The lowest BCUT2D eigenvalue weighted by atomic mass is 9.84. The van der Waals surface area contributed by atoms with E-state index < -0.39 is 24.3 Å². The summed E-state index contributed by atoms with van der Waals surface area (Å²) in [4.78, 5) is 73.8. The Morgan fingerprint density at radius 1 is 0.662 bits per heavy atom. The Bertz CT molecular complexity index is 2940. The molecule has 2 fully saturated rings. The predicted molar refractivity (Wildman–Crippen MR) is 284 cm³/mol. The maximum absolute atomic E-state index is 14.0. The molecule has 2 aliphatic heterocycles. The predicted octanol–water partition coefficient (Wildman–Crippen LogP) is 9.99. The fourth-order valence-corrected chi connectivity index (χ4v) is 11.9. The van der Waals surface area contributed by atoms with Crippen molar-refractivity contribution in [1.29, 1.82) is 0 Å². The minimum Gasteiger partial charge on any atom is -0.453 e. The fraction of sp³-hybridized carbons (Fsp3) is 0.455. The number of nitrogens with zero attached hydrogens (tertiary/aromatic N) is 4. The van der Waals surface area contributed by atoms with Crippen LogP contribution in [0.4, 0.5) is 9.59 Å². The smallest absolute Gasteiger partial charge is 0.407 e. The summed E-state index contributed by atoms with van der Waals surface area (Å²) in [5.74, 6) is 3.53. The molecule has 0 spiro atoms. The molecule has 12 rings (SSSR count). The molecule has 71 heavy (non-hydrogen) atoms. The summed E-state index contributed by atoms with van der Waals surface area (Å²) in [5, 5.41) is 5.56. The minimum absolute atomic E-state index is 0.112. The van der Waals surface area contributed by atoms with Gasteiger partial charge >= 0.3 is 12.2 Å². The Morgan fingerprint density at radius 3 is 1.68 bits per heavy atom. The van der Waals surface area contributed by atoms with Crippen molar-refractivity contribution in [2.75, 3.05) is 51.3 Å². The van der Waals surface area contributed by atoms with Crippen LogP contribution in [0.3, 0.4) is 0 Å². The number of amides is 4. The van der Waals surface area contributed by atoms with Gasteiger partial charge in [0.05, 0.1) is 48.4 Å². The second kappa shape index (κ2) is 21.8. The van der Waals surface area contributed by atoms with Crippen molar-refractivity contribution in [2.45, 2.75) is 95.8 Å². The number of thioether (sulfide) groups is 2. The topological polar surface area (TPSA) is 175 Å². The highest BCUT2D eigenvalue weighted by Gasteiger charge is 2.41. The van der Waals surface area contributed by atoms with Crippen molar-refractivity contribution in [1.82, 2.24) is 40.4 Å². The molecule has 16 heteroatoms. The number of aromatic amines is 2. The molecule has 2 aromatic heterocycles. The van der Waals surface area contributed by atoms with E-state index in [-0.39, 0.29) is 41.7 Å². The van der Waals surface area contributed by atoms with E-state index in [0.717, 1.165) is 88.5 Å². The molecule has 374 valence electrons. The molecule has 6 aromatic rings. The molecular weight excluding hydrogens is 933 g/mol. The first-order valence-electron chi connectivity index (χ1n) is 24.9. The molecule has 4 bridgehead atoms. The van der Waals surface area contributed by atoms with E-state index in [0.29, 0.717) is 25.9 Å². The number of likely N-dealkylation sites (tertiary alicyclic amines) is 2. The van der Waals surface area contributed by atoms with Crippen LogP contribution in [0, 0.1) is 11.8 Å². The van der Waals surface area contributed by atoms with Crippen molar-refractivity contribution in [3.8, 4) is 22.3 Å². The van der Waals surface area contributed by atoms with Gasteiger partial charge in [-0.2, -0.15) is 23.5 Å². The molecule has 4 aromatic carbocycles. The first-order chi connectivity index (χ1) is 34.3. The van der Waals surface area contributed by atoms with E-state index in [4.69, 9.17) is 19.4 Å². The number of rotatable bonds is 14. The van der Waals surface area contributed by atoms with Crippen LogP contribution < -0.4 is 10.6 Å². The third-order valence-electron chi connectivity index (χ3n) is 14.7. The maximum Gasteiger partial charge on any atom is 0.407 e. The Hall–Kier alpha value is -6.00. The number of methoxy groups -OCH3 is 2. The molecule has 0 unspecified atom stereocenters. The average Bonchev–Trinajstić information content (AvgIpc) is 4.19. The van der Waals surface area contributed by atoms with Gasteiger partial charge in [-0.15, -0.1) is 0 Å². The zero-order valence-corrected chi connectivity index (χ0v) is 43.4. The number of benzene rings is 4. The van der Waals surface area contributed by atoms with Crippen LogP contribution in [0.2, 0.25) is 0 Å². The third kappa shape index (κ3) is 10.8. The number of aryl methyl sites for hydroxylation is 2. The van der Waals surface area contributed by atoms with Gasteiger partial charge in [0.1, 0.15) is 23.7 Å². The number of hydrogen-bond acceptors (Lipinski definition) is 10. The van der Waals surface area contributed by atoms with Gasteiger partial charge in [0.25, 0.3) is 0 Å². The molecule has 6 aliphatic rings. The van der Waals surface area contributed by atoms with Gasteiger partial charge in [-0.3, -0.25) is 9.59 Å². The molecule has 0 saturated carbocycles. The second-order valence-electron chi connectivity index (χ2n) is 19.9. The first-order valence-corrected chi connectivity index (χ1v) is 27.7. The molecule has 2 saturated heterocycles. The van der Waals surface area contributed by atoms with Crippen molar-refractivity contribution < 1.29 is 28.7 Å². The Labute approximate surface area is 424 Å². The zero-order chi connectivity index (χ0) is 49.9. The van der Waals surface area contributed by atoms with Gasteiger partial charge in [0.2, 0.25) is 11.8 Å². The largest absolute Gasteiger partial charge is 0.453 e. The zero-order valence-electron chi connectivity index (χ0n) is 41.8. The summed E-state index contributed by atoms with van der Waals surface area (Å²) in [6.45, 7) is 7.79. The number of aromatic nitrogens is 4. The second-order valence-corrected chi connectivity index (χ2v) is 21.8. The van der Waals surface area contributed by atoms with Gasteiger partial charge in [-0.1, -0.05) is 69.3 Å². The molecule has 4 amide bonds. The van der Waals surface area contributed by atoms with Crippen LogP contribution in [0.25, 0.3) is 44.3 Å². The van der Waals surface area contributed by atoms with Crippen LogP contribution in [0.15, 0.2) is 72.8 Å². The van der Waals surface area contributed by atoms with Crippen LogP contribution in [0.5, 0.6) is 0 Å². The number of H-pyrrole nitrogens is 2. The molecule has 4 N–H and O–H groups in total. The highest BCUT2D eigenvalue weighted by molar-refractivity contribution is 7.98. The van der Waals surface area contributed by atoms with Crippen LogP contribution in [-0.2, 0) is 38.3 Å². The number of ether oxygens (including phenoxy) is 2. The Balaban J connectivity index is 0.958. The number of fused-ring (bicyclic) bond motifs is 2. The highest BCUT2D eigenvalue weighted by atomic mass is 32.2. The summed E-state index contributed by atoms with van der Waals surface area (Å²) in [5.41, 5.74) is 13.3. The average molecular weight is 999 g/mol. The molecule has 4 aliphatic carbocycles. The Kier molecular flexibility index (Phi) is 15.3. The lowest BCUT2D eigenvalue weighted by Crippen LogP contribution is -2.49. The lowest BCUT2D eigenvalue weighted by Gasteiger charge is -2.28. The quantitative estimate of drug-likeness (QED) is 0.0822. The lowest BCUT2D eigenvalue weighted by molar-refractivity contribution is -0.135. The molecular formula is C55H66N8O6S2. The number of nitrogens with one attached hydrogen (secondary N) is 4.